The van der Waals surface area contributed by atoms with Crippen LogP contribution in [0.2, 0.25) is 0 Å². The largest absolute Gasteiger partial charge is 0.347 e. The van der Waals surface area contributed by atoms with Gasteiger partial charge in [-0.15, -0.1) is 0 Å². The van der Waals surface area contributed by atoms with Crippen LogP contribution in [0.25, 0.3) is 0 Å². The lowest BCUT2D eigenvalue weighted by Crippen LogP contribution is -2.34. The molecule has 0 atom stereocenters. The highest BCUT2D eigenvalue weighted by Crippen LogP contribution is 2.34. The van der Waals surface area contributed by atoms with Crippen molar-refractivity contribution in [2.45, 2.75) is 32.2 Å². The first-order valence-corrected chi connectivity index (χ1v) is 6.16. The Kier molecular flexibility index (Phi) is 3.40. The van der Waals surface area contributed by atoms with Crippen molar-refractivity contribution >= 4 is 5.91 Å². The molecule has 0 radical (unpaired) electrons. The lowest BCUT2D eigenvalue weighted by atomic mass is 10.0. The van der Waals surface area contributed by atoms with Gasteiger partial charge in [-0.3, -0.25) is 4.79 Å². The minimum atomic E-state index is -0.0451. The SMILES string of the molecule is Cc1ccc(C(=O)NC2(C)CC2)c(C#CCN)c1. The number of hydrogen-bond donors (Lipinski definition) is 2. The van der Waals surface area contributed by atoms with Crippen LogP contribution in [-0.4, -0.2) is 18.0 Å². The van der Waals surface area contributed by atoms with E-state index in [2.05, 4.69) is 24.1 Å². The molecule has 0 unspecified atom stereocenters. The third-order valence-corrected chi connectivity index (χ3v) is 3.16. The van der Waals surface area contributed by atoms with Crippen molar-refractivity contribution in [2.75, 3.05) is 6.54 Å². The van der Waals surface area contributed by atoms with Crippen LogP contribution in [-0.2, 0) is 0 Å². The van der Waals surface area contributed by atoms with E-state index >= 15 is 0 Å². The molecule has 18 heavy (non-hydrogen) atoms. The molecule has 0 spiro atoms. The van der Waals surface area contributed by atoms with Crippen molar-refractivity contribution < 1.29 is 4.79 Å². The Labute approximate surface area is 108 Å². The fraction of sp³-hybridized carbons (Fsp3) is 0.400. The van der Waals surface area contributed by atoms with Crippen molar-refractivity contribution in [1.29, 1.82) is 0 Å². The molecule has 0 saturated heterocycles. The van der Waals surface area contributed by atoms with Gasteiger partial charge in [-0.2, -0.15) is 0 Å². The molecule has 0 aromatic heterocycles. The number of aryl methyl sites for hydroxylation is 1. The summed E-state index contributed by atoms with van der Waals surface area (Å²) in [4.78, 5) is 12.2. The van der Waals surface area contributed by atoms with Crippen molar-refractivity contribution in [3.8, 4) is 11.8 Å². The van der Waals surface area contributed by atoms with Crippen LogP contribution in [0.15, 0.2) is 18.2 Å². The highest BCUT2D eigenvalue weighted by molar-refractivity contribution is 5.97. The first-order valence-electron chi connectivity index (χ1n) is 6.16. The van der Waals surface area contributed by atoms with Crippen LogP contribution in [0.3, 0.4) is 0 Å². The molecule has 3 nitrogen and oxygen atoms in total. The van der Waals surface area contributed by atoms with E-state index in [0.29, 0.717) is 12.1 Å². The van der Waals surface area contributed by atoms with Crippen LogP contribution in [0.5, 0.6) is 0 Å². The van der Waals surface area contributed by atoms with Crippen LogP contribution in [0.1, 0.15) is 41.3 Å². The van der Waals surface area contributed by atoms with Gasteiger partial charge in [0, 0.05) is 11.1 Å². The zero-order valence-corrected chi connectivity index (χ0v) is 10.8. The summed E-state index contributed by atoms with van der Waals surface area (Å²) in [5.41, 5.74) is 7.84. The molecule has 0 bridgehead atoms. The van der Waals surface area contributed by atoms with Crippen LogP contribution >= 0.6 is 0 Å². The molecule has 1 aromatic carbocycles. The summed E-state index contributed by atoms with van der Waals surface area (Å²) >= 11 is 0. The normalized spacial score (nSPS) is 15.5. The van der Waals surface area contributed by atoms with E-state index in [1.165, 1.54) is 0 Å². The van der Waals surface area contributed by atoms with Gasteiger partial charge in [0.1, 0.15) is 0 Å². The molecule has 1 saturated carbocycles. The smallest absolute Gasteiger partial charge is 0.252 e. The summed E-state index contributed by atoms with van der Waals surface area (Å²) in [6.07, 6.45) is 2.10. The second-order valence-corrected chi connectivity index (χ2v) is 5.07. The maximum atomic E-state index is 12.2. The van der Waals surface area contributed by atoms with Crippen molar-refractivity contribution in [3.63, 3.8) is 0 Å². The lowest BCUT2D eigenvalue weighted by molar-refractivity contribution is 0.0935. The highest BCUT2D eigenvalue weighted by Gasteiger charge is 2.39. The maximum absolute atomic E-state index is 12.2. The molecule has 1 amide bonds. The summed E-state index contributed by atoms with van der Waals surface area (Å²) in [6.45, 7) is 4.34. The van der Waals surface area contributed by atoms with E-state index in [4.69, 9.17) is 5.73 Å². The number of rotatable bonds is 2. The van der Waals surface area contributed by atoms with E-state index in [1.807, 2.05) is 25.1 Å². The van der Waals surface area contributed by atoms with E-state index in [9.17, 15) is 4.79 Å². The number of carbonyl (C=O) groups is 1. The first-order chi connectivity index (χ1) is 8.54. The van der Waals surface area contributed by atoms with Gasteiger partial charge in [0.15, 0.2) is 0 Å². The second-order valence-electron chi connectivity index (χ2n) is 5.07. The van der Waals surface area contributed by atoms with E-state index in [-0.39, 0.29) is 11.4 Å². The Bertz CT molecular complexity index is 533. The summed E-state index contributed by atoms with van der Waals surface area (Å²) in [5, 5.41) is 3.04. The predicted molar refractivity (Wildman–Crippen MR) is 72.2 cm³/mol. The minimum Gasteiger partial charge on any atom is -0.347 e. The molecule has 1 aliphatic carbocycles. The third-order valence-electron chi connectivity index (χ3n) is 3.16. The van der Waals surface area contributed by atoms with Crippen molar-refractivity contribution in [2.24, 2.45) is 5.73 Å². The zero-order chi connectivity index (χ0) is 13.2. The summed E-state index contributed by atoms with van der Waals surface area (Å²) in [6, 6.07) is 5.68. The summed E-state index contributed by atoms with van der Waals surface area (Å²) in [5.74, 6) is 5.72. The molecule has 94 valence electrons. The fourth-order valence-electron chi connectivity index (χ4n) is 1.76. The van der Waals surface area contributed by atoms with Crippen molar-refractivity contribution in [3.05, 3.63) is 34.9 Å². The lowest BCUT2D eigenvalue weighted by Gasteiger charge is -2.12. The topological polar surface area (TPSA) is 55.1 Å². The van der Waals surface area contributed by atoms with Gasteiger partial charge in [-0.25, -0.2) is 0 Å². The molecule has 1 fully saturated rings. The van der Waals surface area contributed by atoms with Gasteiger partial charge in [-0.1, -0.05) is 17.9 Å². The number of carbonyl (C=O) groups excluding carboxylic acids is 1. The molecule has 3 N–H and O–H groups in total. The number of nitrogens with one attached hydrogen (secondary N) is 1. The molecule has 3 heteroatoms. The van der Waals surface area contributed by atoms with E-state index in [1.54, 1.807) is 0 Å². The van der Waals surface area contributed by atoms with Crippen LogP contribution < -0.4 is 11.1 Å². The predicted octanol–water partition coefficient (Wildman–Crippen LogP) is 1.59. The van der Waals surface area contributed by atoms with Gasteiger partial charge in [-0.05, 0) is 44.4 Å². The summed E-state index contributed by atoms with van der Waals surface area (Å²) in [7, 11) is 0. The Morgan fingerprint density at radius 2 is 2.22 bits per heavy atom. The third kappa shape index (κ3) is 2.91. The number of hydrogen-bond acceptors (Lipinski definition) is 2. The Hall–Kier alpha value is -1.79. The van der Waals surface area contributed by atoms with Gasteiger partial charge in [0.2, 0.25) is 0 Å². The first kappa shape index (κ1) is 12.7. The van der Waals surface area contributed by atoms with E-state index in [0.717, 1.165) is 24.0 Å². The number of nitrogens with two attached hydrogens (primary N) is 1. The molecule has 2 rings (SSSR count). The van der Waals surface area contributed by atoms with Crippen LogP contribution in [0.4, 0.5) is 0 Å². The Morgan fingerprint density at radius 3 is 2.83 bits per heavy atom. The number of amides is 1. The molecule has 0 heterocycles. The van der Waals surface area contributed by atoms with Gasteiger partial charge >= 0.3 is 0 Å². The second kappa shape index (κ2) is 4.83. The van der Waals surface area contributed by atoms with Crippen LogP contribution in [0, 0.1) is 18.8 Å². The van der Waals surface area contributed by atoms with Gasteiger partial charge in [0.05, 0.1) is 12.1 Å². The average Bonchev–Trinajstić information content (AvgIpc) is 3.04. The maximum Gasteiger partial charge on any atom is 0.252 e. The molecule has 1 aromatic rings. The highest BCUT2D eigenvalue weighted by atomic mass is 16.1. The Morgan fingerprint density at radius 1 is 1.50 bits per heavy atom. The van der Waals surface area contributed by atoms with Crippen molar-refractivity contribution in [1.82, 2.24) is 5.32 Å². The van der Waals surface area contributed by atoms with Gasteiger partial charge in [0.25, 0.3) is 5.91 Å². The number of benzene rings is 1. The van der Waals surface area contributed by atoms with Gasteiger partial charge < -0.3 is 11.1 Å². The average molecular weight is 242 g/mol. The Balaban J connectivity index is 2.28. The standard InChI is InChI=1S/C15H18N2O/c1-11-5-6-13(12(10-11)4-3-9-16)14(18)17-15(2)7-8-15/h5-6,10H,7-9,16H2,1-2H3,(H,17,18). The minimum absolute atomic E-state index is 0.0134. The molecular weight excluding hydrogens is 224 g/mol. The molecular formula is C15H18N2O. The molecule has 0 aliphatic heterocycles. The zero-order valence-electron chi connectivity index (χ0n) is 10.8. The fourth-order valence-corrected chi connectivity index (χ4v) is 1.76. The summed E-state index contributed by atoms with van der Waals surface area (Å²) < 4.78 is 0. The van der Waals surface area contributed by atoms with E-state index < -0.39 is 0 Å². The quantitative estimate of drug-likeness (QED) is 0.774. The molecule has 1 aliphatic rings. The monoisotopic (exact) mass is 242 g/mol.